The van der Waals surface area contributed by atoms with Crippen LogP contribution in [-0.2, 0) is 0 Å². The summed E-state index contributed by atoms with van der Waals surface area (Å²) in [6.45, 7) is 0. The summed E-state index contributed by atoms with van der Waals surface area (Å²) in [6, 6.07) is 7.85. The van der Waals surface area contributed by atoms with Crippen LogP contribution >= 0.6 is 35.0 Å². The number of rotatable bonds is 3. The van der Waals surface area contributed by atoms with Crippen LogP contribution in [0.3, 0.4) is 0 Å². The lowest BCUT2D eigenvalue weighted by Gasteiger charge is -2.06. The van der Waals surface area contributed by atoms with E-state index in [2.05, 4.69) is 20.3 Å². The summed E-state index contributed by atoms with van der Waals surface area (Å²) in [5.41, 5.74) is 0.871. The van der Waals surface area contributed by atoms with Gasteiger partial charge in [-0.3, -0.25) is 0 Å². The molecule has 1 N–H and O–H groups in total. The van der Waals surface area contributed by atoms with Crippen LogP contribution in [0.25, 0.3) is 0 Å². The molecule has 17 heavy (non-hydrogen) atoms. The molecule has 0 aliphatic rings. The lowest BCUT2D eigenvalue weighted by molar-refractivity contribution is 1.05. The maximum absolute atomic E-state index is 5.68. The minimum Gasteiger partial charge on any atom is -0.324 e. The van der Waals surface area contributed by atoms with Gasteiger partial charge >= 0.3 is 0 Å². The SMILES string of the molecule is CSc1cccc(Nc2nc(Cl)nc(Cl)n2)c1. The summed E-state index contributed by atoms with van der Waals surface area (Å²) in [7, 11) is 0. The number of hydrogen-bond donors (Lipinski definition) is 1. The van der Waals surface area contributed by atoms with Crippen molar-refractivity contribution in [2.75, 3.05) is 11.6 Å². The molecule has 0 amide bonds. The predicted molar refractivity (Wildman–Crippen MR) is 71.4 cm³/mol. The van der Waals surface area contributed by atoms with E-state index in [1.807, 2.05) is 30.5 Å². The van der Waals surface area contributed by atoms with E-state index in [1.54, 1.807) is 11.8 Å². The zero-order valence-corrected chi connectivity index (χ0v) is 11.1. The van der Waals surface area contributed by atoms with Gasteiger partial charge in [-0.2, -0.15) is 15.0 Å². The topological polar surface area (TPSA) is 50.7 Å². The zero-order valence-electron chi connectivity index (χ0n) is 8.82. The van der Waals surface area contributed by atoms with E-state index in [9.17, 15) is 0 Å². The molecule has 0 spiro atoms. The molecule has 0 aliphatic carbocycles. The first-order chi connectivity index (χ1) is 8.17. The Kier molecular flexibility index (Phi) is 4.04. The Morgan fingerprint density at radius 3 is 2.47 bits per heavy atom. The molecule has 88 valence electrons. The number of nitrogens with zero attached hydrogens (tertiary/aromatic N) is 3. The number of anilines is 2. The molecule has 1 aromatic carbocycles. The fourth-order valence-electron chi connectivity index (χ4n) is 1.21. The van der Waals surface area contributed by atoms with Crippen molar-refractivity contribution in [3.8, 4) is 0 Å². The molecule has 0 saturated heterocycles. The van der Waals surface area contributed by atoms with Crippen molar-refractivity contribution in [3.05, 3.63) is 34.8 Å². The second-order valence-corrected chi connectivity index (χ2v) is 4.61. The Labute approximate surface area is 113 Å². The van der Waals surface area contributed by atoms with Gasteiger partial charge in [0.2, 0.25) is 16.5 Å². The molecule has 0 atom stereocenters. The molecule has 0 saturated carbocycles. The zero-order chi connectivity index (χ0) is 12.3. The Bertz CT molecular complexity index is 515. The van der Waals surface area contributed by atoms with E-state index in [-0.39, 0.29) is 10.6 Å². The molecule has 1 aromatic heterocycles. The van der Waals surface area contributed by atoms with Crippen molar-refractivity contribution in [1.82, 2.24) is 15.0 Å². The van der Waals surface area contributed by atoms with E-state index in [0.29, 0.717) is 5.95 Å². The van der Waals surface area contributed by atoms with Crippen LogP contribution < -0.4 is 5.32 Å². The molecular weight excluding hydrogens is 279 g/mol. The standard InChI is InChI=1S/C10H8Cl2N4S/c1-17-7-4-2-3-6(5-7)13-10-15-8(11)14-9(12)16-10/h2-5H,1H3,(H,13,14,15,16). The highest BCUT2D eigenvalue weighted by molar-refractivity contribution is 7.98. The average Bonchev–Trinajstić information content (AvgIpc) is 2.28. The molecule has 0 fully saturated rings. The first-order valence-corrected chi connectivity index (χ1v) is 6.63. The van der Waals surface area contributed by atoms with Gasteiger partial charge in [0.15, 0.2) is 0 Å². The molecular formula is C10H8Cl2N4S. The number of benzene rings is 1. The predicted octanol–water partition coefficient (Wildman–Crippen LogP) is 3.64. The van der Waals surface area contributed by atoms with Crippen LogP contribution in [0.15, 0.2) is 29.2 Å². The van der Waals surface area contributed by atoms with Crippen LogP contribution in [0.5, 0.6) is 0 Å². The van der Waals surface area contributed by atoms with E-state index in [1.165, 1.54) is 0 Å². The lowest BCUT2D eigenvalue weighted by atomic mass is 10.3. The van der Waals surface area contributed by atoms with Crippen molar-refractivity contribution < 1.29 is 0 Å². The first-order valence-electron chi connectivity index (χ1n) is 4.65. The quantitative estimate of drug-likeness (QED) is 0.873. The highest BCUT2D eigenvalue weighted by Crippen LogP contribution is 2.21. The summed E-state index contributed by atoms with van der Waals surface area (Å²) >= 11 is 13.0. The lowest BCUT2D eigenvalue weighted by Crippen LogP contribution is -1.99. The third-order valence-electron chi connectivity index (χ3n) is 1.91. The summed E-state index contributed by atoms with van der Waals surface area (Å²) in [6.07, 6.45) is 2.01. The summed E-state index contributed by atoms with van der Waals surface area (Å²) < 4.78 is 0. The molecule has 0 unspecified atom stereocenters. The van der Waals surface area contributed by atoms with Crippen molar-refractivity contribution in [1.29, 1.82) is 0 Å². The Morgan fingerprint density at radius 1 is 1.12 bits per heavy atom. The van der Waals surface area contributed by atoms with Crippen molar-refractivity contribution >= 4 is 46.6 Å². The molecule has 4 nitrogen and oxygen atoms in total. The Balaban J connectivity index is 2.24. The summed E-state index contributed by atoms with van der Waals surface area (Å²) in [4.78, 5) is 12.7. The molecule has 0 radical (unpaired) electrons. The highest BCUT2D eigenvalue weighted by atomic mass is 35.5. The largest absolute Gasteiger partial charge is 0.324 e. The van der Waals surface area contributed by atoms with Crippen LogP contribution in [0, 0.1) is 0 Å². The fraction of sp³-hybridized carbons (Fsp3) is 0.100. The van der Waals surface area contributed by atoms with Gasteiger partial charge in [-0.15, -0.1) is 11.8 Å². The molecule has 0 aliphatic heterocycles. The highest BCUT2D eigenvalue weighted by Gasteiger charge is 2.03. The third-order valence-corrected chi connectivity index (χ3v) is 2.97. The smallest absolute Gasteiger partial charge is 0.232 e. The van der Waals surface area contributed by atoms with Crippen LogP contribution in [0.1, 0.15) is 0 Å². The van der Waals surface area contributed by atoms with Gasteiger partial charge in [-0.25, -0.2) is 0 Å². The molecule has 0 bridgehead atoms. The van der Waals surface area contributed by atoms with E-state index < -0.39 is 0 Å². The van der Waals surface area contributed by atoms with Gasteiger partial charge in [-0.05, 0) is 47.7 Å². The second kappa shape index (κ2) is 5.53. The summed E-state index contributed by atoms with van der Waals surface area (Å²) in [5, 5.41) is 3.14. The van der Waals surface area contributed by atoms with E-state index in [0.717, 1.165) is 10.6 Å². The average molecular weight is 287 g/mol. The van der Waals surface area contributed by atoms with Crippen molar-refractivity contribution in [2.24, 2.45) is 0 Å². The fourth-order valence-corrected chi connectivity index (χ4v) is 2.03. The minimum atomic E-state index is 0.0634. The van der Waals surface area contributed by atoms with Gasteiger partial charge in [0.05, 0.1) is 0 Å². The Morgan fingerprint density at radius 2 is 1.82 bits per heavy atom. The normalized spacial score (nSPS) is 10.3. The second-order valence-electron chi connectivity index (χ2n) is 3.05. The minimum absolute atomic E-state index is 0.0634. The molecule has 7 heteroatoms. The van der Waals surface area contributed by atoms with Gasteiger partial charge in [-0.1, -0.05) is 6.07 Å². The third kappa shape index (κ3) is 3.46. The Hall–Kier alpha value is -1.04. The molecule has 2 rings (SSSR count). The number of thioether (sulfide) groups is 1. The maximum atomic E-state index is 5.68. The van der Waals surface area contributed by atoms with Gasteiger partial charge in [0, 0.05) is 10.6 Å². The number of hydrogen-bond acceptors (Lipinski definition) is 5. The van der Waals surface area contributed by atoms with Crippen molar-refractivity contribution in [3.63, 3.8) is 0 Å². The number of nitrogens with one attached hydrogen (secondary N) is 1. The first kappa shape index (κ1) is 12.4. The molecule has 2 aromatic rings. The van der Waals surface area contributed by atoms with Crippen LogP contribution in [0.2, 0.25) is 10.6 Å². The summed E-state index contributed by atoms with van der Waals surface area (Å²) in [5.74, 6) is 0.327. The number of aromatic nitrogens is 3. The van der Waals surface area contributed by atoms with Gasteiger partial charge in [0.25, 0.3) is 0 Å². The maximum Gasteiger partial charge on any atom is 0.232 e. The van der Waals surface area contributed by atoms with Gasteiger partial charge < -0.3 is 5.32 Å². The van der Waals surface area contributed by atoms with Gasteiger partial charge in [0.1, 0.15) is 0 Å². The number of halogens is 2. The van der Waals surface area contributed by atoms with E-state index in [4.69, 9.17) is 23.2 Å². The monoisotopic (exact) mass is 286 g/mol. The van der Waals surface area contributed by atoms with Crippen molar-refractivity contribution in [2.45, 2.75) is 4.90 Å². The van der Waals surface area contributed by atoms with E-state index >= 15 is 0 Å². The van der Waals surface area contributed by atoms with Crippen LogP contribution in [0.4, 0.5) is 11.6 Å². The molecule has 1 heterocycles. The van der Waals surface area contributed by atoms with Crippen LogP contribution in [-0.4, -0.2) is 21.2 Å².